The van der Waals surface area contributed by atoms with Gasteiger partial charge in [-0.3, -0.25) is 9.69 Å². The Kier molecular flexibility index (Phi) is 5.23. The van der Waals surface area contributed by atoms with Crippen LogP contribution in [0, 0.1) is 5.82 Å². The summed E-state index contributed by atoms with van der Waals surface area (Å²) in [6, 6.07) is 23.1. The van der Waals surface area contributed by atoms with Gasteiger partial charge in [-0.05, 0) is 43.3 Å². The molecular formula is C24H22FN3O2. The maximum Gasteiger partial charge on any atom is 0.251 e. The van der Waals surface area contributed by atoms with E-state index < -0.39 is 5.72 Å². The van der Waals surface area contributed by atoms with E-state index >= 15 is 0 Å². The van der Waals surface area contributed by atoms with Crippen molar-refractivity contribution in [3.05, 3.63) is 101 Å². The summed E-state index contributed by atoms with van der Waals surface area (Å²) in [7, 11) is 0. The molecule has 0 saturated carbocycles. The number of carbonyl (C=O) groups excluding carboxylic acids is 1. The summed E-state index contributed by atoms with van der Waals surface area (Å²) in [4.78, 5) is 20.0. The summed E-state index contributed by atoms with van der Waals surface area (Å²) in [6.07, 6.45) is 0. The lowest BCUT2D eigenvalue weighted by Crippen LogP contribution is -2.44. The van der Waals surface area contributed by atoms with Gasteiger partial charge in [-0.25, -0.2) is 4.39 Å². The number of carbonyl (C=O) groups is 1. The zero-order valence-corrected chi connectivity index (χ0v) is 16.8. The summed E-state index contributed by atoms with van der Waals surface area (Å²) in [5.74, 6) is 0.138. The smallest absolute Gasteiger partial charge is 0.251 e. The number of nitrogens with one attached hydrogen (secondary N) is 1. The van der Waals surface area contributed by atoms with Crippen molar-refractivity contribution >= 4 is 17.4 Å². The highest BCUT2D eigenvalue weighted by molar-refractivity contribution is 6.11. The Hall–Kier alpha value is -3.67. The van der Waals surface area contributed by atoms with Gasteiger partial charge in [0.2, 0.25) is 5.72 Å². The monoisotopic (exact) mass is 403 g/mol. The van der Waals surface area contributed by atoms with Gasteiger partial charge in [0.05, 0.1) is 0 Å². The van der Waals surface area contributed by atoms with Gasteiger partial charge in [-0.15, -0.1) is 0 Å². The van der Waals surface area contributed by atoms with Gasteiger partial charge in [0.15, 0.2) is 5.84 Å². The molecule has 1 atom stereocenters. The first-order valence-corrected chi connectivity index (χ1v) is 9.79. The highest BCUT2D eigenvalue weighted by Gasteiger charge is 2.45. The summed E-state index contributed by atoms with van der Waals surface area (Å²) >= 11 is 0. The van der Waals surface area contributed by atoms with E-state index in [2.05, 4.69) is 10.5 Å². The van der Waals surface area contributed by atoms with Crippen LogP contribution < -0.4 is 10.2 Å². The molecule has 5 nitrogen and oxygen atoms in total. The first kappa shape index (κ1) is 19.6. The van der Waals surface area contributed by atoms with E-state index in [0.29, 0.717) is 17.9 Å². The maximum absolute atomic E-state index is 13.6. The number of benzene rings is 3. The van der Waals surface area contributed by atoms with Gasteiger partial charge in [-0.2, -0.15) is 0 Å². The molecule has 0 aromatic heterocycles. The summed E-state index contributed by atoms with van der Waals surface area (Å²) in [5.41, 5.74) is 2.09. The van der Waals surface area contributed by atoms with Crippen molar-refractivity contribution in [1.82, 2.24) is 5.32 Å². The Labute approximate surface area is 174 Å². The predicted molar refractivity (Wildman–Crippen MR) is 115 cm³/mol. The van der Waals surface area contributed by atoms with E-state index in [1.165, 1.54) is 12.1 Å². The SMILES string of the molecule is CCNC(=O)c1ccc(C2=NOC(C)(c3ccccc3)N2c2ccc(F)cc2)cc1. The second-order valence-corrected chi connectivity index (χ2v) is 7.10. The van der Waals surface area contributed by atoms with E-state index in [9.17, 15) is 9.18 Å². The summed E-state index contributed by atoms with van der Waals surface area (Å²) in [6.45, 7) is 4.36. The quantitative estimate of drug-likeness (QED) is 0.675. The molecule has 6 heteroatoms. The minimum Gasteiger partial charge on any atom is -0.360 e. The number of anilines is 1. The molecule has 152 valence electrons. The lowest BCUT2D eigenvalue weighted by atomic mass is 10.0. The van der Waals surface area contributed by atoms with Crippen LogP contribution in [0.3, 0.4) is 0 Å². The van der Waals surface area contributed by atoms with Crippen LogP contribution in [0.1, 0.15) is 35.3 Å². The average molecular weight is 403 g/mol. The standard InChI is InChI=1S/C24H22FN3O2/c1-3-26-23(29)18-11-9-17(10-12-18)22-27-30-24(2,19-7-5-4-6-8-19)28(22)21-15-13-20(25)14-16-21/h4-16H,3H2,1-2H3,(H,26,29). The third-order valence-corrected chi connectivity index (χ3v) is 5.09. The molecule has 0 bridgehead atoms. The fourth-order valence-corrected chi connectivity index (χ4v) is 3.52. The maximum atomic E-state index is 13.6. The fraction of sp³-hybridized carbons (Fsp3) is 0.167. The van der Waals surface area contributed by atoms with E-state index in [1.807, 2.05) is 61.2 Å². The highest BCUT2D eigenvalue weighted by Crippen LogP contribution is 2.40. The van der Waals surface area contributed by atoms with Crippen LogP contribution in [0.15, 0.2) is 84.0 Å². The van der Waals surface area contributed by atoms with Crippen LogP contribution in [0.5, 0.6) is 0 Å². The van der Waals surface area contributed by atoms with Crippen molar-refractivity contribution in [3.63, 3.8) is 0 Å². The van der Waals surface area contributed by atoms with Crippen molar-refractivity contribution in [2.75, 3.05) is 11.4 Å². The molecule has 0 saturated heterocycles. The number of halogens is 1. The van der Waals surface area contributed by atoms with Gasteiger partial charge < -0.3 is 10.2 Å². The molecule has 30 heavy (non-hydrogen) atoms. The van der Waals surface area contributed by atoms with E-state index in [-0.39, 0.29) is 11.7 Å². The predicted octanol–water partition coefficient (Wildman–Crippen LogP) is 4.65. The first-order valence-electron chi connectivity index (χ1n) is 9.79. The van der Waals surface area contributed by atoms with Crippen molar-refractivity contribution < 1.29 is 14.0 Å². The fourth-order valence-electron chi connectivity index (χ4n) is 3.52. The largest absolute Gasteiger partial charge is 0.360 e. The van der Waals surface area contributed by atoms with Gasteiger partial charge in [0.25, 0.3) is 5.91 Å². The molecule has 3 aromatic rings. The van der Waals surface area contributed by atoms with Gasteiger partial charge >= 0.3 is 0 Å². The third-order valence-electron chi connectivity index (χ3n) is 5.09. The normalized spacial score (nSPS) is 18.0. The number of rotatable bonds is 5. The number of amidine groups is 1. The van der Waals surface area contributed by atoms with Gasteiger partial charge in [0, 0.05) is 35.8 Å². The van der Waals surface area contributed by atoms with Crippen molar-refractivity contribution in [3.8, 4) is 0 Å². The van der Waals surface area contributed by atoms with Crippen LogP contribution in [-0.2, 0) is 10.6 Å². The third kappa shape index (κ3) is 3.52. The number of amides is 1. The van der Waals surface area contributed by atoms with Crippen LogP contribution in [-0.4, -0.2) is 18.3 Å². The zero-order valence-electron chi connectivity index (χ0n) is 16.8. The van der Waals surface area contributed by atoms with E-state index in [1.54, 1.807) is 24.3 Å². The van der Waals surface area contributed by atoms with E-state index in [4.69, 9.17) is 4.84 Å². The number of nitrogens with zero attached hydrogens (tertiary/aromatic N) is 2. The first-order chi connectivity index (χ1) is 14.5. The van der Waals surface area contributed by atoms with Crippen LogP contribution in [0.2, 0.25) is 0 Å². The number of hydrogen-bond donors (Lipinski definition) is 1. The van der Waals surface area contributed by atoms with Crippen molar-refractivity contribution in [2.45, 2.75) is 19.6 Å². The number of oxime groups is 1. The topological polar surface area (TPSA) is 53.9 Å². The molecule has 0 radical (unpaired) electrons. The average Bonchev–Trinajstić information content (AvgIpc) is 3.14. The Morgan fingerprint density at radius 3 is 2.33 bits per heavy atom. The Morgan fingerprint density at radius 2 is 1.70 bits per heavy atom. The molecule has 0 spiro atoms. The molecule has 1 heterocycles. The van der Waals surface area contributed by atoms with E-state index in [0.717, 1.165) is 16.8 Å². The lowest BCUT2D eigenvalue weighted by molar-refractivity contribution is -0.00578. The molecule has 0 aliphatic carbocycles. The lowest BCUT2D eigenvalue weighted by Gasteiger charge is -2.34. The molecule has 1 aliphatic heterocycles. The molecule has 3 aromatic carbocycles. The van der Waals surface area contributed by atoms with Crippen molar-refractivity contribution in [2.24, 2.45) is 5.16 Å². The molecule has 1 aliphatic rings. The Balaban J connectivity index is 1.75. The molecule has 0 fully saturated rings. The summed E-state index contributed by atoms with van der Waals surface area (Å²) in [5, 5.41) is 7.16. The van der Waals surface area contributed by atoms with Gasteiger partial charge in [-0.1, -0.05) is 47.6 Å². The molecule has 1 amide bonds. The van der Waals surface area contributed by atoms with Crippen LogP contribution in [0.25, 0.3) is 0 Å². The Morgan fingerprint density at radius 1 is 1.03 bits per heavy atom. The summed E-state index contributed by atoms with van der Waals surface area (Å²) < 4.78 is 13.6. The molecule has 4 rings (SSSR count). The molecular weight excluding hydrogens is 381 g/mol. The second kappa shape index (κ2) is 7.99. The molecule has 1 N–H and O–H groups in total. The zero-order chi connectivity index (χ0) is 21.1. The number of hydrogen-bond acceptors (Lipinski definition) is 4. The van der Waals surface area contributed by atoms with Gasteiger partial charge in [0.1, 0.15) is 5.82 Å². The highest BCUT2D eigenvalue weighted by atomic mass is 19.1. The second-order valence-electron chi connectivity index (χ2n) is 7.10. The molecule has 1 unspecified atom stereocenters. The van der Waals surface area contributed by atoms with Crippen LogP contribution >= 0.6 is 0 Å². The van der Waals surface area contributed by atoms with Crippen molar-refractivity contribution in [1.29, 1.82) is 0 Å². The Bertz CT molecular complexity index is 1070. The van der Waals surface area contributed by atoms with Crippen LogP contribution in [0.4, 0.5) is 10.1 Å². The minimum absolute atomic E-state index is 0.127. The minimum atomic E-state index is -0.910.